The van der Waals surface area contributed by atoms with Crippen LogP contribution in [0.2, 0.25) is 0 Å². The van der Waals surface area contributed by atoms with Crippen LogP contribution < -0.4 is 4.74 Å². The van der Waals surface area contributed by atoms with Gasteiger partial charge >= 0.3 is 0 Å². The Balaban J connectivity index is 2.36. The molecule has 1 aromatic rings. The molecule has 2 N–H and O–H groups in total. The monoisotopic (exact) mass is 320 g/mol. The number of aryl methyl sites for hydroxylation is 1. The van der Waals surface area contributed by atoms with E-state index in [1.807, 2.05) is 0 Å². The summed E-state index contributed by atoms with van der Waals surface area (Å²) < 4.78 is 5.04. The number of benzene rings is 1. The number of aliphatic hydroxyl groups is 1. The Morgan fingerprint density at radius 1 is 1.17 bits per heavy atom. The molecule has 0 fully saturated rings. The third-order valence-corrected chi connectivity index (χ3v) is 3.77. The normalized spacial score (nSPS) is 11.5. The van der Waals surface area contributed by atoms with Gasteiger partial charge in [-0.05, 0) is 30.5 Å². The van der Waals surface area contributed by atoms with Crippen LogP contribution in [0.25, 0.3) is 0 Å². The molecule has 0 amide bonds. The van der Waals surface area contributed by atoms with Crippen molar-refractivity contribution >= 4 is 5.78 Å². The maximum Gasteiger partial charge on any atom is 0.160 e. The van der Waals surface area contributed by atoms with Crippen molar-refractivity contribution in [2.24, 2.45) is 0 Å². The van der Waals surface area contributed by atoms with E-state index in [1.54, 1.807) is 18.2 Å². The highest BCUT2D eigenvalue weighted by atomic mass is 16.5. The molecule has 0 saturated carbocycles. The minimum atomic E-state index is -0.0805. The van der Waals surface area contributed by atoms with Crippen molar-refractivity contribution in [1.29, 1.82) is 0 Å². The van der Waals surface area contributed by atoms with Crippen molar-refractivity contribution < 1.29 is 19.7 Å². The van der Waals surface area contributed by atoms with E-state index in [0.29, 0.717) is 25.0 Å². The van der Waals surface area contributed by atoms with E-state index in [2.05, 4.69) is 6.92 Å². The molecule has 4 heteroatoms. The molecule has 0 unspecified atom stereocenters. The first-order chi connectivity index (χ1) is 11.1. The fraction of sp³-hybridized carbons (Fsp3) is 0.526. The van der Waals surface area contributed by atoms with Crippen LogP contribution in [0.1, 0.15) is 57.4 Å². The van der Waals surface area contributed by atoms with Crippen LogP contribution in [-0.2, 0) is 11.2 Å². The number of hydrogen-bond acceptors (Lipinski definition) is 4. The van der Waals surface area contributed by atoms with E-state index < -0.39 is 0 Å². The number of rotatable bonds is 11. The second kappa shape index (κ2) is 10.7. The van der Waals surface area contributed by atoms with Gasteiger partial charge in [0.15, 0.2) is 17.3 Å². The smallest absolute Gasteiger partial charge is 0.160 e. The fourth-order valence-electron chi connectivity index (χ4n) is 2.38. The van der Waals surface area contributed by atoms with Crippen LogP contribution in [0.5, 0.6) is 11.5 Å². The SMILES string of the molecule is CCCCCCCC(O)=CC(=O)CCc1ccc(O)c(OC)c1. The summed E-state index contributed by atoms with van der Waals surface area (Å²) >= 11 is 0. The van der Waals surface area contributed by atoms with Crippen LogP contribution in [0, 0.1) is 0 Å². The summed E-state index contributed by atoms with van der Waals surface area (Å²) in [6.45, 7) is 2.17. The second-order valence-electron chi connectivity index (χ2n) is 5.77. The predicted molar refractivity (Wildman–Crippen MR) is 92.1 cm³/mol. The minimum absolute atomic E-state index is 0.0805. The number of aliphatic hydroxyl groups excluding tert-OH is 1. The number of allylic oxidation sites excluding steroid dienone is 2. The number of hydrogen-bond donors (Lipinski definition) is 2. The predicted octanol–water partition coefficient (Wildman–Crippen LogP) is 4.70. The summed E-state index contributed by atoms with van der Waals surface area (Å²) in [6.07, 6.45) is 8.41. The number of carbonyl (C=O) groups excluding carboxylic acids is 1. The summed E-state index contributed by atoms with van der Waals surface area (Å²) in [4.78, 5) is 11.9. The molecule has 0 aliphatic carbocycles. The van der Waals surface area contributed by atoms with Crippen LogP contribution in [0.15, 0.2) is 30.0 Å². The number of unbranched alkanes of at least 4 members (excludes halogenated alkanes) is 4. The standard InChI is InChI=1S/C19H28O4/c1-3-4-5-6-7-8-16(20)14-17(21)11-9-15-10-12-18(22)19(13-15)23-2/h10,12-14,20,22H,3-9,11H2,1-2H3. The summed E-state index contributed by atoms with van der Waals surface area (Å²) in [5.74, 6) is 0.585. The second-order valence-corrected chi connectivity index (χ2v) is 5.77. The molecule has 0 aromatic heterocycles. The number of carbonyl (C=O) groups is 1. The van der Waals surface area contributed by atoms with Gasteiger partial charge in [-0.2, -0.15) is 0 Å². The Morgan fingerprint density at radius 2 is 1.91 bits per heavy atom. The highest BCUT2D eigenvalue weighted by Crippen LogP contribution is 2.26. The van der Waals surface area contributed by atoms with Crippen molar-refractivity contribution in [2.45, 2.75) is 58.3 Å². The molecule has 0 saturated heterocycles. The molecule has 0 spiro atoms. The lowest BCUT2D eigenvalue weighted by atomic mass is 10.1. The summed E-state index contributed by atoms with van der Waals surface area (Å²) in [6, 6.07) is 5.05. The first kappa shape index (κ1) is 19.1. The molecule has 0 aliphatic rings. The number of phenols is 1. The van der Waals surface area contributed by atoms with E-state index in [1.165, 1.54) is 32.4 Å². The zero-order chi connectivity index (χ0) is 17.1. The fourth-order valence-corrected chi connectivity index (χ4v) is 2.38. The average molecular weight is 320 g/mol. The molecule has 0 aliphatic heterocycles. The topological polar surface area (TPSA) is 66.8 Å². The zero-order valence-electron chi connectivity index (χ0n) is 14.2. The van der Waals surface area contributed by atoms with Gasteiger partial charge in [-0.1, -0.05) is 38.7 Å². The zero-order valence-corrected chi connectivity index (χ0v) is 14.2. The van der Waals surface area contributed by atoms with Crippen molar-refractivity contribution in [3.63, 3.8) is 0 Å². The highest BCUT2D eigenvalue weighted by molar-refractivity contribution is 5.90. The van der Waals surface area contributed by atoms with Crippen molar-refractivity contribution in [3.8, 4) is 11.5 Å². The van der Waals surface area contributed by atoms with Crippen LogP contribution in [0.3, 0.4) is 0 Å². The number of ether oxygens (including phenoxy) is 1. The first-order valence-corrected chi connectivity index (χ1v) is 8.35. The molecule has 0 atom stereocenters. The summed E-state index contributed by atoms with van der Waals surface area (Å²) in [5.41, 5.74) is 0.917. The molecule has 1 aromatic carbocycles. The Bertz CT molecular complexity index is 520. The molecule has 128 valence electrons. The van der Waals surface area contributed by atoms with Gasteiger partial charge in [0, 0.05) is 18.9 Å². The minimum Gasteiger partial charge on any atom is -0.512 e. The molecule has 0 radical (unpaired) electrons. The van der Waals surface area contributed by atoms with Crippen LogP contribution in [-0.4, -0.2) is 23.1 Å². The van der Waals surface area contributed by atoms with E-state index in [4.69, 9.17) is 4.74 Å². The van der Waals surface area contributed by atoms with Crippen LogP contribution in [0.4, 0.5) is 0 Å². The molecular weight excluding hydrogens is 292 g/mol. The largest absolute Gasteiger partial charge is 0.512 e. The van der Waals surface area contributed by atoms with Crippen LogP contribution >= 0.6 is 0 Å². The van der Waals surface area contributed by atoms with Crippen molar-refractivity contribution in [3.05, 3.63) is 35.6 Å². The van der Waals surface area contributed by atoms with Crippen molar-refractivity contribution in [2.75, 3.05) is 7.11 Å². The van der Waals surface area contributed by atoms with Crippen molar-refractivity contribution in [1.82, 2.24) is 0 Å². The Morgan fingerprint density at radius 3 is 2.61 bits per heavy atom. The van der Waals surface area contributed by atoms with E-state index in [-0.39, 0.29) is 17.3 Å². The molecule has 1 rings (SSSR count). The van der Waals surface area contributed by atoms with Gasteiger partial charge in [0.05, 0.1) is 12.9 Å². The van der Waals surface area contributed by atoms with Gasteiger partial charge in [0.25, 0.3) is 0 Å². The van der Waals surface area contributed by atoms with Gasteiger partial charge in [-0.25, -0.2) is 0 Å². The average Bonchev–Trinajstić information content (AvgIpc) is 2.54. The maximum atomic E-state index is 11.9. The Hall–Kier alpha value is -1.97. The quantitative estimate of drug-likeness (QED) is 0.352. The van der Waals surface area contributed by atoms with Gasteiger partial charge in [0.1, 0.15) is 0 Å². The molecule has 23 heavy (non-hydrogen) atoms. The first-order valence-electron chi connectivity index (χ1n) is 8.35. The third-order valence-electron chi connectivity index (χ3n) is 3.77. The molecule has 4 nitrogen and oxygen atoms in total. The van der Waals surface area contributed by atoms with E-state index in [9.17, 15) is 15.0 Å². The van der Waals surface area contributed by atoms with Gasteiger partial charge in [-0.15, -0.1) is 0 Å². The van der Waals surface area contributed by atoms with E-state index in [0.717, 1.165) is 18.4 Å². The van der Waals surface area contributed by atoms with E-state index >= 15 is 0 Å². The number of methoxy groups -OCH3 is 1. The Labute approximate surface area is 138 Å². The molecular formula is C19H28O4. The van der Waals surface area contributed by atoms with Gasteiger partial charge in [-0.3, -0.25) is 4.79 Å². The number of aromatic hydroxyl groups is 1. The highest BCUT2D eigenvalue weighted by Gasteiger charge is 2.06. The number of phenolic OH excluding ortho intramolecular Hbond substituents is 1. The van der Waals surface area contributed by atoms with Gasteiger partial charge in [0.2, 0.25) is 0 Å². The summed E-state index contributed by atoms with van der Waals surface area (Å²) in [7, 11) is 1.49. The number of ketones is 1. The van der Waals surface area contributed by atoms with Gasteiger partial charge < -0.3 is 14.9 Å². The lowest BCUT2D eigenvalue weighted by Gasteiger charge is -2.06. The molecule has 0 heterocycles. The maximum absolute atomic E-state index is 11.9. The summed E-state index contributed by atoms with van der Waals surface area (Å²) in [5, 5.41) is 19.3. The lowest BCUT2D eigenvalue weighted by molar-refractivity contribution is -0.114. The lowest BCUT2D eigenvalue weighted by Crippen LogP contribution is -1.99. The third kappa shape index (κ3) is 7.73. The molecule has 0 bridgehead atoms. The Kier molecular flexibility index (Phi) is 8.88.